The fourth-order valence-corrected chi connectivity index (χ4v) is 2.15. The average Bonchev–Trinajstić information content (AvgIpc) is 2.58. The molecule has 5 heteroatoms. The van der Waals surface area contributed by atoms with Crippen LogP contribution >= 0.6 is 0 Å². The Labute approximate surface area is 137 Å². The highest BCUT2D eigenvalue weighted by atomic mass is 16.5. The molecule has 0 unspecified atom stereocenters. The van der Waals surface area contributed by atoms with E-state index in [1.165, 1.54) is 11.1 Å². The first-order valence-corrected chi connectivity index (χ1v) is 7.72. The Bertz CT molecular complexity index is 626. The van der Waals surface area contributed by atoms with Crippen LogP contribution in [-0.4, -0.2) is 31.2 Å². The van der Waals surface area contributed by atoms with Gasteiger partial charge in [-0.05, 0) is 36.6 Å². The SMILES string of the molecule is COCCCNC(=O)c1ccc(NCc2ccccc2C)cn1. The minimum atomic E-state index is -0.161. The number of nitrogens with one attached hydrogen (secondary N) is 2. The first-order valence-electron chi connectivity index (χ1n) is 7.72. The molecule has 0 atom stereocenters. The van der Waals surface area contributed by atoms with Crippen LogP contribution in [0.5, 0.6) is 0 Å². The summed E-state index contributed by atoms with van der Waals surface area (Å²) in [5.41, 5.74) is 3.81. The third-order valence-corrected chi connectivity index (χ3v) is 3.55. The minimum Gasteiger partial charge on any atom is -0.385 e. The van der Waals surface area contributed by atoms with Gasteiger partial charge >= 0.3 is 0 Å². The molecule has 0 spiro atoms. The molecule has 0 bridgehead atoms. The van der Waals surface area contributed by atoms with Crippen LogP contribution in [0.1, 0.15) is 28.0 Å². The van der Waals surface area contributed by atoms with Gasteiger partial charge in [-0.15, -0.1) is 0 Å². The van der Waals surface area contributed by atoms with Crippen molar-refractivity contribution in [2.24, 2.45) is 0 Å². The summed E-state index contributed by atoms with van der Waals surface area (Å²) in [5.74, 6) is -0.161. The maximum absolute atomic E-state index is 11.9. The molecule has 0 aliphatic carbocycles. The Morgan fingerprint density at radius 3 is 2.74 bits per heavy atom. The highest BCUT2D eigenvalue weighted by Crippen LogP contribution is 2.11. The Morgan fingerprint density at radius 2 is 2.04 bits per heavy atom. The molecule has 1 aromatic carbocycles. The molecular weight excluding hydrogens is 290 g/mol. The van der Waals surface area contributed by atoms with E-state index in [0.29, 0.717) is 18.8 Å². The molecule has 1 aromatic heterocycles. The lowest BCUT2D eigenvalue weighted by Crippen LogP contribution is -2.26. The van der Waals surface area contributed by atoms with Crippen LogP contribution in [-0.2, 0) is 11.3 Å². The molecule has 0 saturated carbocycles. The smallest absolute Gasteiger partial charge is 0.269 e. The number of hydrogen-bond donors (Lipinski definition) is 2. The first kappa shape index (κ1) is 17.0. The zero-order valence-electron chi connectivity index (χ0n) is 13.6. The predicted molar refractivity (Wildman–Crippen MR) is 91.6 cm³/mol. The van der Waals surface area contributed by atoms with Gasteiger partial charge in [-0.1, -0.05) is 24.3 Å². The van der Waals surface area contributed by atoms with Gasteiger partial charge in [0.2, 0.25) is 0 Å². The van der Waals surface area contributed by atoms with Gasteiger partial charge in [-0.2, -0.15) is 0 Å². The van der Waals surface area contributed by atoms with E-state index in [9.17, 15) is 4.79 Å². The molecule has 122 valence electrons. The standard InChI is InChI=1S/C18H23N3O2/c1-14-6-3-4-7-15(14)12-20-16-8-9-17(21-13-16)18(22)19-10-5-11-23-2/h3-4,6-9,13,20H,5,10-12H2,1-2H3,(H,19,22). The van der Waals surface area contributed by atoms with E-state index in [-0.39, 0.29) is 5.91 Å². The van der Waals surface area contributed by atoms with Crippen molar-refractivity contribution in [1.82, 2.24) is 10.3 Å². The van der Waals surface area contributed by atoms with E-state index < -0.39 is 0 Å². The van der Waals surface area contributed by atoms with E-state index in [1.807, 2.05) is 18.2 Å². The van der Waals surface area contributed by atoms with E-state index in [0.717, 1.165) is 18.7 Å². The largest absolute Gasteiger partial charge is 0.385 e. The fraction of sp³-hybridized carbons (Fsp3) is 0.333. The number of hydrogen-bond acceptors (Lipinski definition) is 4. The lowest BCUT2D eigenvalue weighted by Gasteiger charge is -2.09. The van der Waals surface area contributed by atoms with Crippen LogP contribution in [0.3, 0.4) is 0 Å². The summed E-state index contributed by atoms with van der Waals surface area (Å²) in [6.45, 7) is 4.04. The number of anilines is 1. The molecule has 0 aliphatic heterocycles. The van der Waals surface area contributed by atoms with Gasteiger partial charge in [0.1, 0.15) is 5.69 Å². The maximum atomic E-state index is 11.9. The van der Waals surface area contributed by atoms with E-state index in [2.05, 4.69) is 34.7 Å². The summed E-state index contributed by atoms with van der Waals surface area (Å²) in [4.78, 5) is 16.1. The van der Waals surface area contributed by atoms with Crippen molar-refractivity contribution in [3.63, 3.8) is 0 Å². The number of pyridine rings is 1. The highest BCUT2D eigenvalue weighted by molar-refractivity contribution is 5.92. The Balaban J connectivity index is 1.84. The number of ether oxygens (including phenoxy) is 1. The molecule has 1 heterocycles. The average molecular weight is 313 g/mol. The second-order valence-electron chi connectivity index (χ2n) is 5.31. The third kappa shape index (κ3) is 5.38. The molecule has 0 saturated heterocycles. The number of aryl methyl sites for hydroxylation is 1. The van der Waals surface area contributed by atoms with Crippen LogP contribution in [0.4, 0.5) is 5.69 Å². The van der Waals surface area contributed by atoms with Gasteiger partial charge in [0.05, 0.1) is 11.9 Å². The lowest BCUT2D eigenvalue weighted by molar-refractivity contribution is 0.0943. The summed E-state index contributed by atoms with van der Waals surface area (Å²) in [6.07, 6.45) is 2.47. The summed E-state index contributed by atoms with van der Waals surface area (Å²) < 4.78 is 4.94. The van der Waals surface area contributed by atoms with Crippen LogP contribution in [0.2, 0.25) is 0 Å². The van der Waals surface area contributed by atoms with E-state index in [4.69, 9.17) is 4.74 Å². The molecule has 2 rings (SSSR count). The quantitative estimate of drug-likeness (QED) is 0.736. The monoisotopic (exact) mass is 313 g/mol. The minimum absolute atomic E-state index is 0.161. The molecule has 23 heavy (non-hydrogen) atoms. The summed E-state index contributed by atoms with van der Waals surface area (Å²) in [5, 5.41) is 6.13. The lowest BCUT2D eigenvalue weighted by atomic mass is 10.1. The Kier molecular flexibility index (Phi) is 6.56. The van der Waals surface area contributed by atoms with Crippen molar-refractivity contribution in [2.45, 2.75) is 19.9 Å². The van der Waals surface area contributed by atoms with E-state index >= 15 is 0 Å². The number of carbonyl (C=O) groups excluding carboxylic acids is 1. The predicted octanol–water partition coefficient (Wildman–Crippen LogP) is 2.77. The van der Waals surface area contributed by atoms with Gasteiger partial charge in [0, 0.05) is 26.8 Å². The van der Waals surface area contributed by atoms with Gasteiger partial charge in [-0.25, -0.2) is 4.98 Å². The maximum Gasteiger partial charge on any atom is 0.269 e. The molecule has 2 N–H and O–H groups in total. The molecule has 0 fully saturated rings. The molecule has 2 aromatic rings. The number of amides is 1. The normalized spacial score (nSPS) is 10.3. The number of rotatable bonds is 8. The van der Waals surface area contributed by atoms with Crippen LogP contribution in [0.15, 0.2) is 42.6 Å². The molecule has 0 radical (unpaired) electrons. The van der Waals surface area contributed by atoms with Crippen molar-refractivity contribution in [1.29, 1.82) is 0 Å². The van der Waals surface area contributed by atoms with Gasteiger partial charge in [0.15, 0.2) is 0 Å². The highest BCUT2D eigenvalue weighted by Gasteiger charge is 2.06. The zero-order chi connectivity index (χ0) is 16.5. The summed E-state index contributed by atoms with van der Waals surface area (Å²) in [7, 11) is 1.64. The zero-order valence-corrected chi connectivity index (χ0v) is 13.6. The van der Waals surface area contributed by atoms with Gasteiger partial charge in [0.25, 0.3) is 5.91 Å². The third-order valence-electron chi connectivity index (χ3n) is 3.55. The molecule has 0 aliphatic rings. The first-order chi connectivity index (χ1) is 11.2. The summed E-state index contributed by atoms with van der Waals surface area (Å²) in [6, 6.07) is 11.8. The van der Waals surface area contributed by atoms with Gasteiger partial charge in [-0.3, -0.25) is 4.79 Å². The van der Waals surface area contributed by atoms with Gasteiger partial charge < -0.3 is 15.4 Å². The van der Waals surface area contributed by atoms with Crippen molar-refractivity contribution >= 4 is 11.6 Å². The number of methoxy groups -OCH3 is 1. The second kappa shape index (κ2) is 8.90. The van der Waals surface area contributed by atoms with Crippen LogP contribution < -0.4 is 10.6 Å². The number of aromatic nitrogens is 1. The van der Waals surface area contributed by atoms with E-state index in [1.54, 1.807) is 19.4 Å². The fourth-order valence-electron chi connectivity index (χ4n) is 2.15. The van der Waals surface area contributed by atoms with Crippen molar-refractivity contribution in [3.8, 4) is 0 Å². The molecule has 1 amide bonds. The second-order valence-corrected chi connectivity index (χ2v) is 5.31. The molecular formula is C18H23N3O2. The number of nitrogens with zero attached hydrogens (tertiary/aromatic N) is 1. The summed E-state index contributed by atoms with van der Waals surface area (Å²) >= 11 is 0. The Morgan fingerprint density at radius 1 is 1.22 bits per heavy atom. The Hall–Kier alpha value is -2.40. The van der Waals surface area contributed by atoms with Crippen molar-refractivity contribution in [2.75, 3.05) is 25.6 Å². The number of benzene rings is 1. The number of carbonyl (C=O) groups is 1. The van der Waals surface area contributed by atoms with Crippen molar-refractivity contribution < 1.29 is 9.53 Å². The van der Waals surface area contributed by atoms with Crippen molar-refractivity contribution in [3.05, 3.63) is 59.4 Å². The van der Waals surface area contributed by atoms with Crippen LogP contribution in [0, 0.1) is 6.92 Å². The topological polar surface area (TPSA) is 63.2 Å². The van der Waals surface area contributed by atoms with Crippen LogP contribution in [0.25, 0.3) is 0 Å². The molecule has 5 nitrogen and oxygen atoms in total.